The number of carbonyl (C=O) groups excluding carboxylic acids is 2. The number of esters is 2. The first-order valence-corrected chi connectivity index (χ1v) is 29.5. The summed E-state index contributed by atoms with van der Waals surface area (Å²) >= 11 is 0. The summed E-state index contributed by atoms with van der Waals surface area (Å²) in [5, 5.41) is 31.0. The van der Waals surface area contributed by atoms with Crippen molar-refractivity contribution in [3.63, 3.8) is 0 Å². The Morgan fingerprint density at radius 1 is 0.486 bits per heavy atom. The van der Waals surface area contributed by atoms with Crippen LogP contribution in [0.5, 0.6) is 0 Å². The van der Waals surface area contributed by atoms with Gasteiger partial charge < -0.3 is 34.3 Å². The van der Waals surface area contributed by atoms with E-state index < -0.39 is 71.2 Å². The van der Waals surface area contributed by atoms with E-state index in [-0.39, 0.29) is 19.4 Å². The van der Waals surface area contributed by atoms with Gasteiger partial charge in [-0.3, -0.25) is 14.1 Å². The third-order valence-electron chi connectivity index (χ3n) is 12.6. The summed E-state index contributed by atoms with van der Waals surface area (Å²) in [6.45, 7) is 3.71. The lowest BCUT2D eigenvalue weighted by atomic mass is 10.00. The summed E-state index contributed by atoms with van der Waals surface area (Å²) in [6.07, 6.45) is 49.9. The van der Waals surface area contributed by atoms with Gasteiger partial charge >= 0.3 is 11.9 Å². The lowest BCUT2D eigenvalue weighted by Gasteiger charge is -2.40. The fourth-order valence-electron chi connectivity index (χ4n) is 8.31. The quantitative estimate of drug-likeness (QED) is 0.0196. The zero-order chi connectivity index (χ0) is 51.2. The van der Waals surface area contributed by atoms with Crippen molar-refractivity contribution in [1.29, 1.82) is 0 Å². The van der Waals surface area contributed by atoms with E-state index >= 15 is 0 Å². The van der Waals surface area contributed by atoms with Gasteiger partial charge in [0.2, 0.25) is 0 Å². The van der Waals surface area contributed by atoms with Crippen LogP contribution in [0.1, 0.15) is 232 Å². The van der Waals surface area contributed by atoms with Crippen LogP contribution in [0.4, 0.5) is 0 Å². The standard InChI is InChI=1S/C57H100O12S/c1-3-5-7-9-11-13-15-17-19-21-23-24-25-26-28-29-31-33-35-37-39-41-43-45-52(58)66-47-50(48-67-57-56(62)55(61)54(60)51(69-57)49-70(63,64)65)68-53(59)46-44-42-40-38-36-34-32-30-27-22-20-18-16-14-12-10-8-6-4-2/h12,14,18,20,27,30,34,36,40,42,50-51,54-57,60-62H,3-11,13,15-17,19,21-26,28-29,31-33,35,37-39,41,43-49H2,1-2H3,(H,63,64,65)/b14-12+,20-18+,30-27+,36-34+,42-40+/t50-,51-,54-,55?,56?,57+/m1/s1. The molecule has 6 atom stereocenters. The molecule has 1 fully saturated rings. The lowest BCUT2D eigenvalue weighted by Crippen LogP contribution is -2.60. The average molecular weight is 1010 g/mol. The van der Waals surface area contributed by atoms with Crippen LogP contribution in [-0.4, -0.2) is 96.0 Å². The predicted molar refractivity (Wildman–Crippen MR) is 284 cm³/mol. The van der Waals surface area contributed by atoms with Gasteiger partial charge in [0.15, 0.2) is 12.4 Å². The van der Waals surface area contributed by atoms with E-state index in [4.69, 9.17) is 18.9 Å². The van der Waals surface area contributed by atoms with Crippen molar-refractivity contribution in [1.82, 2.24) is 0 Å². The molecule has 0 saturated carbocycles. The van der Waals surface area contributed by atoms with Crippen molar-refractivity contribution in [3.8, 4) is 0 Å². The number of aliphatic hydroxyl groups excluding tert-OH is 3. The highest BCUT2D eigenvalue weighted by atomic mass is 32.2. The van der Waals surface area contributed by atoms with E-state index in [1.807, 2.05) is 12.2 Å². The molecule has 0 aromatic carbocycles. The molecule has 0 spiro atoms. The van der Waals surface area contributed by atoms with Crippen molar-refractivity contribution in [3.05, 3.63) is 60.8 Å². The number of aliphatic hydroxyl groups is 3. The largest absolute Gasteiger partial charge is 0.462 e. The smallest absolute Gasteiger partial charge is 0.306 e. The third-order valence-corrected chi connectivity index (χ3v) is 13.4. The molecule has 0 aromatic heterocycles. The van der Waals surface area contributed by atoms with Gasteiger partial charge in [0.1, 0.15) is 36.8 Å². The molecule has 0 bridgehead atoms. The molecule has 4 N–H and O–H groups in total. The highest BCUT2D eigenvalue weighted by Crippen LogP contribution is 2.24. The van der Waals surface area contributed by atoms with Crippen LogP contribution in [-0.2, 0) is 38.7 Å². The average Bonchev–Trinajstić information content (AvgIpc) is 3.33. The second kappa shape index (κ2) is 46.2. The van der Waals surface area contributed by atoms with Gasteiger partial charge in [0, 0.05) is 12.8 Å². The van der Waals surface area contributed by atoms with E-state index in [0.717, 1.165) is 44.9 Å². The van der Waals surface area contributed by atoms with Crippen molar-refractivity contribution >= 4 is 22.1 Å². The Morgan fingerprint density at radius 3 is 1.33 bits per heavy atom. The van der Waals surface area contributed by atoms with Gasteiger partial charge in [-0.15, -0.1) is 0 Å². The minimum atomic E-state index is -4.62. The van der Waals surface area contributed by atoms with Gasteiger partial charge in [-0.25, -0.2) is 0 Å². The molecule has 13 heteroatoms. The fraction of sp³-hybridized carbons (Fsp3) is 0.789. The molecule has 0 radical (unpaired) electrons. The molecule has 0 amide bonds. The monoisotopic (exact) mass is 1010 g/mol. The zero-order valence-corrected chi connectivity index (χ0v) is 44.7. The zero-order valence-electron chi connectivity index (χ0n) is 43.9. The van der Waals surface area contributed by atoms with Crippen LogP contribution in [0.2, 0.25) is 0 Å². The predicted octanol–water partition coefficient (Wildman–Crippen LogP) is 13.2. The van der Waals surface area contributed by atoms with Crippen molar-refractivity contribution in [2.45, 2.75) is 269 Å². The minimum Gasteiger partial charge on any atom is -0.462 e. The second-order valence-electron chi connectivity index (χ2n) is 19.3. The summed E-state index contributed by atoms with van der Waals surface area (Å²) in [7, 11) is -4.62. The maximum absolute atomic E-state index is 12.9. The van der Waals surface area contributed by atoms with Gasteiger partial charge in [0.25, 0.3) is 10.1 Å². The Labute approximate surface area is 426 Å². The second-order valence-corrected chi connectivity index (χ2v) is 20.8. The van der Waals surface area contributed by atoms with E-state index in [1.165, 1.54) is 141 Å². The van der Waals surface area contributed by atoms with Crippen molar-refractivity contribution in [2.75, 3.05) is 19.0 Å². The summed E-state index contributed by atoms with van der Waals surface area (Å²) in [5.41, 5.74) is 0. The van der Waals surface area contributed by atoms with Gasteiger partial charge in [-0.1, -0.05) is 229 Å². The highest BCUT2D eigenvalue weighted by molar-refractivity contribution is 7.85. The molecule has 1 saturated heterocycles. The first kappa shape index (κ1) is 65.4. The normalized spacial score (nSPS) is 19.4. The summed E-state index contributed by atoms with van der Waals surface area (Å²) in [4.78, 5) is 25.5. The minimum absolute atomic E-state index is 0.0406. The number of carbonyl (C=O) groups is 2. The number of ether oxygens (including phenoxy) is 4. The topological polar surface area (TPSA) is 186 Å². The Morgan fingerprint density at radius 2 is 0.886 bits per heavy atom. The molecule has 1 heterocycles. The number of allylic oxidation sites excluding steroid dienone is 10. The first-order valence-electron chi connectivity index (χ1n) is 27.8. The fourth-order valence-corrected chi connectivity index (χ4v) is 9.00. The van der Waals surface area contributed by atoms with E-state index in [0.29, 0.717) is 19.3 Å². The van der Waals surface area contributed by atoms with Gasteiger partial charge in [-0.2, -0.15) is 8.42 Å². The summed E-state index contributed by atoms with van der Waals surface area (Å²) in [5.74, 6) is -2.08. The Bertz CT molecular complexity index is 1510. The number of unbranched alkanes of at least 4 members (excludes halogenated alkanes) is 25. The molecular weight excluding hydrogens is 909 g/mol. The van der Waals surface area contributed by atoms with Crippen LogP contribution >= 0.6 is 0 Å². The van der Waals surface area contributed by atoms with E-state index in [2.05, 4.69) is 62.5 Å². The van der Waals surface area contributed by atoms with Crippen LogP contribution in [0, 0.1) is 0 Å². The summed E-state index contributed by atoms with van der Waals surface area (Å²) < 4.78 is 54.2. The summed E-state index contributed by atoms with van der Waals surface area (Å²) in [6, 6.07) is 0. The Balaban J connectivity index is 2.36. The molecule has 70 heavy (non-hydrogen) atoms. The Kier molecular flexibility index (Phi) is 43.1. The van der Waals surface area contributed by atoms with E-state index in [1.54, 1.807) is 0 Å². The Hall–Kier alpha value is -2.65. The van der Waals surface area contributed by atoms with Crippen LogP contribution in [0.15, 0.2) is 60.8 Å². The van der Waals surface area contributed by atoms with E-state index in [9.17, 15) is 37.9 Å². The maximum Gasteiger partial charge on any atom is 0.306 e. The van der Waals surface area contributed by atoms with Crippen LogP contribution in [0.25, 0.3) is 0 Å². The SMILES string of the molecule is CCCCC/C=C/C/C=C/C/C=C/C/C=C/C/C=C/CCC(=O)O[C@H](COC(=O)CCCCCCCCCCCCCCCCCCCCCCCCC)CO[C@H]1O[C@H](CS(=O)(=O)O)[C@@H](O)C(O)C1O. The molecule has 2 unspecified atom stereocenters. The molecule has 12 nitrogen and oxygen atoms in total. The lowest BCUT2D eigenvalue weighted by molar-refractivity contribution is -0.297. The van der Waals surface area contributed by atoms with Gasteiger partial charge in [-0.05, 0) is 51.4 Å². The number of hydrogen-bond acceptors (Lipinski definition) is 11. The number of rotatable bonds is 47. The third kappa shape index (κ3) is 39.9. The first-order chi connectivity index (χ1) is 34.0. The molecule has 1 aliphatic rings. The molecule has 0 aromatic rings. The van der Waals surface area contributed by atoms with Crippen molar-refractivity contribution < 1.29 is 56.8 Å². The number of hydrogen-bond donors (Lipinski definition) is 4. The van der Waals surface area contributed by atoms with Crippen LogP contribution in [0.3, 0.4) is 0 Å². The molecule has 1 aliphatic heterocycles. The molecule has 406 valence electrons. The van der Waals surface area contributed by atoms with Crippen LogP contribution < -0.4 is 0 Å². The molecular formula is C57H100O12S. The maximum atomic E-state index is 12.9. The molecule has 1 rings (SSSR count). The molecule has 0 aliphatic carbocycles. The highest BCUT2D eigenvalue weighted by Gasteiger charge is 2.46. The van der Waals surface area contributed by atoms with Crippen molar-refractivity contribution in [2.24, 2.45) is 0 Å². The van der Waals surface area contributed by atoms with Gasteiger partial charge in [0.05, 0.1) is 6.61 Å².